The van der Waals surface area contributed by atoms with E-state index in [-0.39, 0.29) is 34.7 Å². The van der Waals surface area contributed by atoms with Crippen molar-refractivity contribution in [3.05, 3.63) is 116 Å². The van der Waals surface area contributed by atoms with E-state index in [1.807, 2.05) is 36.4 Å². The van der Waals surface area contributed by atoms with Crippen molar-refractivity contribution >= 4 is 28.2 Å². The number of nitrogens with one attached hydrogen (secondary N) is 2. The van der Waals surface area contributed by atoms with Gasteiger partial charge in [0.05, 0.1) is 31.1 Å². The van der Waals surface area contributed by atoms with E-state index in [1.165, 1.54) is 11.8 Å². The van der Waals surface area contributed by atoms with Crippen LogP contribution in [0.25, 0.3) is 27.6 Å². The number of pyridine rings is 3. The number of aliphatic hydroxyl groups is 1. The number of benzene rings is 2. The summed E-state index contributed by atoms with van der Waals surface area (Å²) in [5.74, 6) is 0.286. The number of hydrogen-bond acceptors (Lipinski definition) is 7. The molecule has 0 spiro atoms. The number of amides is 1. The Kier molecular flexibility index (Phi) is 7.54. The van der Waals surface area contributed by atoms with E-state index in [9.17, 15) is 19.5 Å². The highest BCUT2D eigenvalue weighted by Crippen LogP contribution is 2.48. The van der Waals surface area contributed by atoms with Crippen molar-refractivity contribution in [3.8, 4) is 16.8 Å². The summed E-state index contributed by atoms with van der Waals surface area (Å²) in [4.78, 5) is 48.5. The average molecular weight is 618 g/mol. The number of morpholine rings is 1. The van der Waals surface area contributed by atoms with Crippen LogP contribution >= 0.6 is 0 Å². The van der Waals surface area contributed by atoms with Gasteiger partial charge in [0.25, 0.3) is 17.0 Å². The monoisotopic (exact) mass is 617 g/mol. The minimum Gasteiger partial charge on any atom is -0.392 e. The largest absolute Gasteiger partial charge is 0.392 e. The molecule has 0 atom stereocenters. The molecule has 5 aromatic rings. The number of aromatic nitrogens is 3. The first-order valence-corrected chi connectivity index (χ1v) is 15.5. The Balaban J connectivity index is 1.21. The van der Waals surface area contributed by atoms with Crippen LogP contribution in [-0.4, -0.2) is 56.8 Å². The average Bonchev–Trinajstić information content (AvgIpc) is 3.84. The van der Waals surface area contributed by atoms with E-state index in [0.717, 1.165) is 18.2 Å². The summed E-state index contributed by atoms with van der Waals surface area (Å²) < 4.78 is 6.90. The first-order valence-electron chi connectivity index (χ1n) is 15.5. The molecule has 1 aliphatic heterocycles. The van der Waals surface area contributed by atoms with Crippen LogP contribution in [0.2, 0.25) is 0 Å². The SMILES string of the molecule is Cc1[nH]c(=O)c(Nc2ccc(C(=O)N3CCOCC3)cn2)cc1-c1cccc(-n2ccc3cc(C4(C)CC4)ccc3c2=O)c1CO. The first-order chi connectivity index (χ1) is 22.3. The highest BCUT2D eigenvalue weighted by atomic mass is 16.5. The van der Waals surface area contributed by atoms with Crippen LogP contribution in [0.4, 0.5) is 11.5 Å². The number of aryl methyl sites for hydroxylation is 1. The summed E-state index contributed by atoms with van der Waals surface area (Å²) in [6.45, 7) is 5.81. The van der Waals surface area contributed by atoms with Gasteiger partial charge in [0.1, 0.15) is 11.5 Å². The molecule has 7 rings (SSSR count). The fourth-order valence-electron chi connectivity index (χ4n) is 6.18. The number of ether oxygens (including phenoxy) is 1. The van der Waals surface area contributed by atoms with E-state index >= 15 is 0 Å². The molecule has 2 fully saturated rings. The van der Waals surface area contributed by atoms with Crippen LogP contribution in [0.5, 0.6) is 0 Å². The number of hydrogen-bond donors (Lipinski definition) is 3. The summed E-state index contributed by atoms with van der Waals surface area (Å²) in [7, 11) is 0. The zero-order valence-corrected chi connectivity index (χ0v) is 25.8. The number of carbonyl (C=O) groups is 1. The number of anilines is 2. The Morgan fingerprint density at radius 2 is 1.85 bits per heavy atom. The second-order valence-electron chi connectivity index (χ2n) is 12.3. The molecule has 3 N–H and O–H groups in total. The van der Waals surface area contributed by atoms with E-state index in [4.69, 9.17) is 4.74 Å². The maximum absolute atomic E-state index is 13.7. The van der Waals surface area contributed by atoms with Crippen molar-refractivity contribution in [3.63, 3.8) is 0 Å². The number of carbonyl (C=O) groups excluding carboxylic acids is 1. The number of aliphatic hydroxyl groups excluding tert-OH is 1. The van der Waals surface area contributed by atoms with Gasteiger partial charge in [-0.05, 0) is 78.1 Å². The fourth-order valence-corrected chi connectivity index (χ4v) is 6.18. The molecule has 1 saturated carbocycles. The molecule has 0 bridgehead atoms. The van der Waals surface area contributed by atoms with Gasteiger partial charge in [0.2, 0.25) is 0 Å². The third-order valence-electron chi connectivity index (χ3n) is 9.27. The minimum absolute atomic E-state index is 0.114. The predicted octanol–water partition coefficient (Wildman–Crippen LogP) is 4.81. The molecule has 234 valence electrons. The molecule has 10 nitrogen and oxygen atoms in total. The maximum Gasteiger partial charge on any atom is 0.271 e. The summed E-state index contributed by atoms with van der Waals surface area (Å²) in [5, 5.41) is 15.2. The van der Waals surface area contributed by atoms with Gasteiger partial charge in [-0.2, -0.15) is 0 Å². The molecule has 46 heavy (non-hydrogen) atoms. The lowest BCUT2D eigenvalue weighted by Gasteiger charge is -2.26. The van der Waals surface area contributed by atoms with Crippen molar-refractivity contribution in [1.29, 1.82) is 0 Å². The quantitative estimate of drug-likeness (QED) is 0.239. The van der Waals surface area contributed by atoms with E-state index in [0.29, 0.717) is 71.1 Å². The summed E-state index contributed by atoms with van der Waals surface area (Å²) in [5.41, 5.74) is 4.73. The van der Waals surface area contributed by atoms with Crippen molar-refractivity contribution < 1.29 is 14.6 Å². The fraction of sp³-hybridized carbons (Fsp3) is 0.278. The van der Waals surface area contributed by atoms with E-state index in [1.54, 1.807) is 40.8 Å². The molecule has 10 heteroatoms. The molecular formula is C36H35N5O5. The van der Waals surface area contributed by atoms with Gasteiger partial charge in [0, 0.05) is 47.7 Å². The molecule has 2 aromatic carbocycles. The first kappa shape index (κ1) is 29.6. The molecule has 1 amide bonds. The van der Waals surface area contributed by atoms with Crippen molar-refractivity contribution in [2.24, 2.45) is 0 Å². The summed E-state index contributed by atoms with van der Waals surface area (Å²) >= 11 is 0. The number of H-pyrrole nitrogens is 1. The number of fused-ring (bicyclic) bond motifs is 1. The summed E-state index contributed by atoms with van der Waals surface area (Å²) in [6, 6.07) is 18.6. The van der Waals surface area contributed by atoms with Crippen molar-refractivity contribution in [1.82, 2.24) is 19.4 Å². The lowest BCUT2D eigenvalue weighted by Crippen LogP contribution is -2.40. The zero-order chi connectivity index (χ0) is 32.0. The Labute approximate surface area is 265 Å². The highest BCUT2D eigenvalue weighted by Gasteiger charge is 2.39. The Morgan fingerprint density at radius 1 is 1.04 bits per heavy atom. The van der Waals surface area contributed by atoms with Crippen LogP contribution in [0.3, 0.4) is 0 Å². The molecule has 0 radical (unpaired) electrons. The normalized spacial score (nSPS) is 15.6. The van der Waals surface area contributed by atoms with Crippen LogP contribution in [0.15, 0.2) is 82.6 Å². The van der Waals surface area contributed by atoms with Gasteiger partial charge in [-0.15, -0.1) is 0 Å². The molecule has 1 aliphatic carbocycles. The van der Waals surface area contributed by atoms with Crippen LogP contribution < -0.4 is 16.4 Å². The Hall–Kier alpha value is -5.06. The standard InChI is InChI=1S/C36H35N5O5/c1-22-28(19-30(33(43)38-22)39-32-9-6-24(20-37-32)34(44)40-14-16-46-17-15-40)27-4-3-5-31(29(27)21-42)41-13-10-23-18-25(36(2)11-12-36)7-8-26(23)35(41)45/h3-10,13,18-20,42H,11-12,14-17,21H2,1-2H3,(H,37,39)(H,38,43). The lowest BCUT2D eigenvalue weighted by molar-refractivity contribution is 0.0302. The number of nitrogens with zero attached hydrogens (tertiary/aromatic N) is 3. The second-order valence-corrected chi connectivity index (χ2v) is 12.3. The van der Waals surface area contributed by atoms with Gasteiger partial charge >= 0.3 is 0 Å². The number of rotatable bonds is 7. The molecular weight excluding hydrogens is 582 g/mol. The minimum atomic E-state index is -0.344. The van der Waals surface area contributed by atoms with Gasteiger partial charge in [-0.1, -0.05) is 31.2 Å². The third kappa shape index (κ3) is 5.39. The van der Waals surface area contributed by atoms with Crippen LogP contribution in [0, 0.1) is 6.92 Å². The summed E-state index contributed by atoms with van der Waals surface area (Å²) in [6.07, 6.45) is 5.56. The van der Waals surface area contributed by atoms with E-state index in [2.05, 4.69) is 28.3 Å². The molecule has 3 aromatic heterocycles. The van der Waals surface area contributed by atoms with Crippen LogP contribution in [0.1, 0.15) is 46.9 Å². The smallest absolute Gasteiger partial charge is 0.271 e. The maximum atomic E-state index is 13.7. The van der Waals surface area contributed by atoms with Gasteiger partial charge in [-0.25, -0.2) is 4.98 Å². The third-order valence-corrected chi connectivity index (χ3v) is 9.27. The number of aromatic amines is 1. The molecule has 4 heterocycles. The predicted molar refractivity (Wildman–Crippen MR) is 177 cm³/mol. The van der Waals surface area contributed by atoms with Crippen molar-refractivity contribution in [2.75, 3.05) is 31.6 Å². The van der Waals surface area contributed by atoms with Crippen molar-refractivity contribution in [2.45, 2.75) is 38.7 Å². The molecule has 2 aliphatic rings. The molecule has 1 saturated heterocycles. The topological polar surface area (TPSA) is 130 Å². The molecule has 0 unspecified atom stereocenters. The van der Waals surface area contributed by atoms with Crippen LogP contribution in [-0.2, 0) is 16.8 Å². The Morgan fingerprint density at radius 3 is 2.57 bits per heavy atom. The highest BCUT2D eigenvalue weighted by molar-refractivity contribution is 5.94. The van der Waals surface area contributed by atoms with Gasteiger partial charge in [-0.3, -0.25) is 19.0 Å². The van der Waals surface area contributed by atoms with Gasteiger partial charge < -0.3 is 25.0 Å². The second kappa shape index (κ2) is 11.7. The zero-order valence-electron chi connectivity index (χ0n) is 25.8. The Bertz CT molecular complexity index is 2090. The lowest BCUT2D eigenvalue weighted by atomic mass is 9.95. The van der Waals surface area contributed by atoms with E-state index < -0.39 is 0 Å². The van der Waals surface area contributed by atoms with Gasteiger partial charge in [0.15, 0.2) is 0 Å².